The largest absolute Gasteiger partial charge is 0.354 e. The number of hydrogen-bond acceptors (Lipinski definition) is 4. The fourth-order valence-corrected chi connectivity index (χ4v) is 5.87. The van der Waals surface area contributed by atoms with Gasteiger partial charge in [-0.25, -0.2) is 8.42 Å². The van der Waals surface area contributed by atoms with E-state index in [2.05, 4.69) is 5.32 Å². The summed E-state index contributed by atoms with van der Waals surface area (Å²) in [5.74, 6) is -0.838. The standard InChI is InChI=1S/C29H33Cl2N3O4S/c1-4-17-32-29(36)27(5-2)33(19-22-10-6-7-12-26(22)31)28(35)20-34(24-11-8-9-21(3)18-24)39(37,38)25-15-13-23(30)14-16-25/h6-16,18,27H,4-5,17,19-20H2,1-3H3,(H,32,36)/t27-/m0/s1. The topological polar surface area (TPSA) is 86.8 Å². The van der Waals surface area contributed by atoms with Crippen LogP contribution in [0.5, 0.6) is 0 Å². The Hall–Kier alpha value is -3.07. The first-order chi connectivity index (χ1) is 18.6. The van der Waals surface area contributed by atoms with E-state index in [1.54, 1.807) is 42.5 Å². The second kappa shape index (κ2) is 13.8. The molecular formula is C29H33Cl2N3O4S. The van der Waals surface area contributed by atoms with Gasteiger partial charge in [0.1, 0.15) is 12.6 Å². The molecule has 0 aliphatic rings. The van der Waals surface area contributed by atoms with Gasteiger partial charge in [0.2, 0.25) is 11.8 Å². The monoisotopic (exact) mass is 589 g/mol. The molecule has 208 valence electrons. The first-order valence-electron chi connectivity index (χ1n) is 12.7. The summed E-state index contributed by atoms with van der Waals surface area (Å²) in [6.07, 6.45) is 1.07. The highest BCUT2D eigenvalue weighted by atomic mass is 35.5. The minimum absolute atomic E-state index is 0.00779. The van der Waals surface area contributed by atoms with Crippen LogP contribution in [0, 0.1) is 6.92 Å². The molecule has 3 aromatic carbocycles. The van der Waals surface area contributed by atoms with Gasteiger partial charge >= 0.3 is 0 Å². The lowest BCUT2D eigenvalue weighted by Gasteiger charge is -2.33. The van der Waals surface area contributed by atoms with E-state index in [0.717, 1.165) is 16.3 Å². The molecular weight excluding hydrogens is 557 g/mol. The molecule has 0 saturated carbocycles. The average molecular weight is 591 g/mol. The minimum Gasteiger partial charge on any atom is -0.354 e. The molecule has 0 fully saturated rings. The summed E-state index contributed by atoms with van der Waals surface area (Å²) in [6, 6.07) is 18.9. The first-order valence-corrected chi connectivity index (χ1v) is 14.9. The number of carbonyl (C=O) groups is 2. The summed E-state index contributed by atoms with van der Waals surface area (Å²) in [5.41, 5.74) is 1.81. The van der Waals surface area contributed by atoms with Crippen molar-refractivity contribution in [1.82, 2.24) is 10.2 Å². The molecule has 3 aromatic rings. The molecule has 0 aliphatic carbocycles. The SMILES string of the molecule is CCCNC(=O)[C@H](CC)N(Cc1ccccc1Cl)C(=O)CN(c1cccc(C)c1)S(=O)(=O)c1ccc(Cl)cc1. The maximum Gasteiger partial charge on any atom is 0.264 e. The average Bonchev–Trinajstić information content (AvgIpc) is 2.91. The normalized spacial score (nSPS) is 12.0. The van der Waals surface area contributed by atoms with Crippen LogP contribution < -0.4 is 9.62 Å². The number of carbonyl (C=O) groups excluding carboxylic acids is 2. The van der Waals surface area contributed by atoms with E-state index in [1.807, 2.05) is 26.8 Å². The van der Waals surface area contributed by atoms with Crippen molar-refractivity contribution in [2.45, 2.75) is 51.1 Å². The molecule has 3 rings (SSSR count). The van der Waals surface area contributed by atoms with Crippen molar-refractivity contribution in [3.8, 4) is 0 Å². The number of rotatable bonds is 12. The molecule has 0 heterocycles. The number of anilines is 1. The van der Waals surface area contributed by atoms with Crippen LogP contribution in [0.15, 0.2) is 77.7 Å². The molecule has 0 unspecified atom stereocenters. The van der Waals surface area contributed by atoms with Gasteiger partial charge in [-0.1, -0.05) is 67.4 Å². The van der Waals surface area contributed by atoms with Crippen LogP contribution >= 0.6 is 23.2 Å². The number of nitrogens with one attached hydrogen (secondary N) is 1. The summed E-state index contributed by atoms with van der Waals surface area (Å²) in [6.45, 7) is 5.58. The molecule has 2 amide bonds. The van der Waals surface area contributed by atoms with Crippen LogP contribution in [0.3, 0.4) is 0 Å². The van der Waals surface area contributed by atoms with E-state index in [-0.39, 0.29) is 17.3 Å². The lowest BCUT2D eigenvalue weighted by atomic mass is 10.1. The zero-order valence-electron chi connectivity index (χ0n) is 22.2. The van der Waals surface area contributed by atoms with Crippen molar-refractivity contribution in [3.05, 3.63) is 94.0 Å². The maximum absolute atomic E-state index is 14.0. The summed E-state index contributed by atoms with van der Waals surface area (Å²) < 4.78 is 28.8. The lowest BCUT2D eigenvalue weighted by molar-refractivity contribution is -0.140. The quantitative estimate of drug-likeness (QED) is 0.288. The van der Waals surface area contributed by atoms with Crippen molar-refractivity contribution in [3.63, 3.8) is 0 Å². The Morgan fingerprint density at radius 2 is 1.64 bits per heavy atom. The third-order valence-corrected chi connectivity index (χ3v) is 8.61. The van der Waals surface area contributed by atoms with Crippen LogP contribution in [0.2, 0.25) is 10.0 Å². The fourth-order valence-electron chi connectivity index (χ4n) is 4.14. The molecule has 0 aromatic heterocycles. The Kier molecular flexibility index (Phi) is 10.8. The van der Waals surface area contributed by atoms with Crippen LogP contribution in [-0.2, 0) is 26.2 Å². The number of aryl methyl sites for hydroxylation is 1. The van der Waals surface area contributed by atoms with E-state index in [0.29, 0.717) is 34.3 Å². The van der Waals surface area contributed by atoms with Crippen LogP contribution in [-0.4, -0.2) is 44.3 Å². The smallest absolute Gasteiger partial charge is 0.264 e. The van der Waals surface area contributed by atoms with Gasteiger partial charge in [-0.15, -0.1) is 0 Å². The van der Waals surface area contributed by atoms with Gasteiger partial charge in [0.05, 0.1) is 10.6 Å². The predicted molar refractivity (Wildman–Crippen MR) is 157 cm³/mol. The van der Waals surface area contributed by atoms with Crippen LogP contribution in [0.25, 0.3) is 0 Å². The second-order valence-corrected chi connectivity index (χ2v) is 11.8. The third kappa shape index (κ3) is 7.75. The Morgan fingerprint density at radius 3 is 2.26 bits per heavy atom. The van der Waals surface area contributed by atoms with Crippen LogP contribution in [0.4, 0.5) is 5.69 Å². The van der Waals surface area contributed by atoms with E-state index in [9.17, 15) is 18.0 Å². The Labute approximate surface area is 240 Å². The number of amides is 2. The van der Waals surface area contributed by atoms with Crippen molar-refractivity contribution in [2.24, 2.45) is 0 Å². The summed E-state index contributed by atoms with van der Waals surface area (Å²) in [7, 11) is -4.16. The van der Waals surface area contributed by atoms with Gasteiger partial charge in [0.15, 0.2) is 0 Å². The first kappa shape index (κ1) is 30.5. The predicted octanol–water partition coefficient (Wildman–Crippen LogP) is 5.83. The van der Waals surface area contributed by atoms with Gasteiger partial charge in [0.25, 0.3) is 10.0 Å². The number of nitrogens with zero attached hydrogens (tertiary/aromatic N) is 2. The molecule has 1 atom stereocenters. The lowest BCUT2D eigenvalue weighted by Crippen LogP contribution is -2.52. The Morgan fingerprint density at radius 1 is 0.949 bits per heavy atom. The van der Waals surface area contributed by atoms with Crippen molar-refractivity contribution in [1.29, 1.82) is 0 Å². The third-order valence-electron chi connectivity index (χ3n) is 6.20. The van der Waals surface area contributed by atoms with E-state index in [4.69, 9.17) is 23.2 Å². The van der Waals surface area contributed by atoms with Gasteiger partial charge in [0, 0.05) is 23.1 Å². The summed E-state index contributed by atoms with van der Waals surface area (Å²) >= 11 is 12.4. The van der Waals surface area contributed by atoms with E-state index >= 15 is 0 Å². The van der Waals surface area contributed by atoms with E-state index < -0.39 is 28.5 Å². The molecule has 7 nitrogen and oxygen atoms in total. The maximum atomic E-state index is 14.0. The van der Waals surface area contributed by atoms with Crippen molar-refractivity contribution in [2.75, 3.05) is 17.4 Å². The molecule has 1 N–H and O–H groups in total. The number of halogens is 2. The minimum atomic E-state index is -4.16. The molecule has 0 saturated heterocycles. The molecule has 39 heavy (non-hydrogen) atoms. The molecule has 0 spiro atoms. The van der Waals surface area contributed by atoms with E-state index in [1.165, 1.54) is 29.2 Å². The van der Waals surface area contributed by atoms with Gasteiger partial charge in [-0.3, -0.25) is 13.9 Å². The highest BCUT2D eigenvalue weighted by molar-refractivity contribution is 7.92. The van der Waals surface area contributed by atoms with Gasteiger partial charge in [-0.05, 0) is 73.4 Å². The van der Waals surface area contributed by atoms with Crippen molar-refractivity contribution < 1.29 is 18.0 Å². The Bertz CT molecular complexity index is 1400. The number of benzene rings is 3. The van der Waals surface area contributed by atoms with Gasteiger partial charge in [-0.2, -0.15) is 0 Å². The molecule has 0 aliphatic heterocycles. The Balaban J connectivity index is 2.06. The molecule has 0 bridgehead atoms. The molecule has 0 radical (unpaired) electrons. The second-order valence-electron chi connectivity index (χ2n) is 9.13. The molecule has 10 heteroatoms. The highest BCUT2D eigenvalue weighted by Crippen LogP contribution is 2.27. The zero-order valence-corrected chi connectivity index (χ0v) is 24.6. The summed E-state index contributed by atoms with van der Waals surface area (Å²) in [4.78, 5) is 28.5. The number of hydrogen-bond donors (Lipinski definition) is 1. The van der Waals surface area contributed by atoms with Gasteiger partial charge < -0.3 is 10.2 Å². The fraction of sp³-hybridized carbons (Fsp3) is 0.310. The van der Waals surface area contributed by atoms with Crippen molar-refractivity contribution >= 4 is 50.7 Å². The summed E-state index contributed by atoms with van der Waals surface area (Å²) in [5, 5.41) is 3.70. The van der Waals surface area contributed by atoms with Crippen LogP contribution in [0.1, 0.15) is 37.8 Å². The number of sulfonamides is 1. The zero-order chi connectivity index (χ0) is 28.6. The highest BCUT2D eigenvalue weighted by Gasteiger charge is 2.33.